The summed E-state index contributed by atoms with van der Waals surface area (Å²) in [6.07, 6.45) is -8.46. The molecular formula is C22H20ClF6N5O2S2. The molecule has 1 atom stereocenters. The first-order chi connectivity index (χ1) is 17.6. The standard InChI is InChI=1S/C22H20ClF6N5O2S2/c1-10(9-37-3)30-18(36)16-13(5-4-6-14(16)23)17(35)31-15-7-12(38-11(15)2)8-34-20(22(27,28)29)32-19(33-34)21(24,25)26/h4-7,10H,8-9H2,1-3H3,(H,30,36)(H,31,35)/t10-/m0/s1. The number of halogens is 7. The number of hydrogen-bond acceptors (Lipinski definition) is 6. The fourth-order valence-corrected chi connectivity index (χ4v) is 5.22. The number of aromatic nitrogens is 3. The molecule has 3 rings (SSSR count). The Morgan fingerprint density at radius 2 is 1.84 bits per heavy atom. The summed E-state index contributed by atoms with van der Waals surface area (Å²) in [7, 11) is 0. The second-order valence-electron chi connectivity index (χ2n) is 8.04. The summed E-state index contributed by atoms with van der Waals surface area (Å²) in [5, 5.41) is 8.38. The van der Waals surface area contributed by atoms with E-state index in [4.69, 9.17) is 11.6 Å². The Hall–Kier alpha value is -2.78. The molecule has 2 heterocycles. The molecule has 0 aliphatic rings. The first-order valence-corrected chi connectivity index (χ1v) is 13.3. The first-order valence-electron chi connectivity index (χ1n) is 10.7. The number of rotatable bonds is 8. The molecule has 0 saturated heterocycles. The van der Waals surface area contributed by atoms with Gasteiger partial charge in [-0.05, 0) is 38.3 Å². The predicted octanol–water partition coefficient (Wildman–Crippen LogP) is 6.12. The zero-order chi connectivity index (χ0) is 28.4. The van der Waals surface area contributed by atoms with Gasteiger partial charge < -0.3 is 10.6 Å². The van der Waals surface area contributed by atoms with Crippen LogP contribution in [0.1, 0.15) is 49.0 Å². The van der Waals surface area contributed by atoms with Crippen LogP contribution in [0.2, 0.25) is 5.02 Å². The van der Waals surface area contributed by atoms with Crippen molar-refractivity contribution in [3.05, 3.63) is 61.8 Å². The van der Waals surface area contributed by atoms with Crippen LogP contribution in [0, 0.1) is 6.92 Å². The molecule has 0 radical (unpaired) electrons. The number of aryl methyl sites for hydroxylation is 1. The Kier molecular flexibility index (Phi) is 9.04. The van der Waals surface area contributed by atoms with Gasteiger partial charge in [0, 0.05) is 21.5 Å². The predicted molar refractivity (Wildman–Crippen MR) is 133 cm³/mol. The molecule has 1 aromatic carbocycles. The van der Waals surface area contributed by atoms with E-state index in [1.165, 1.54) is 36.0 Å². The van der Waals surface area contributed by atoms with E-state index in [0.29, 0.717) is 10.6 Å². The van der Waals surface area contributed by atoms with E-state index in [0.717, 1.165) is 11.3 Å². The number of hydrogen-bond donors (Lipinski definition) is 2. The number of nitrogens with one attached hydrogen (secondary N) is 2. The maximum Gasteiger partial charge on any atom is 0.453 e. The normalized spacial score (nSPS) is 12.9. The number of amides is 2. The second kappa shape index (κ2) is 11.5. The van der Waals surface area contributed by atoms with Gasteiger partial charge in [-0.1, -0.05) is 17.7 Å². The highest BCUT2D eigenvalue weighted by atomic mass is 35.5. The van der Waals surface area contributed by atoms with Crippen molar-refractivity contribution in [2.45, 2.75) is 38.8 Å². The van der Waals surface area contributed by atoms with E-state index >= 15 is 0 Å². The number of carbonyl (C=O) groups is 2. The van der Waals surface area contributed by atoms with E-state index in [1.54, 1.807) is 13.8 Å². The zero-order valence-electron chi connectivity index (χ0n) is 19.9. The third-order valence-electron chi connectivity index (χ3n) is 4.98. The van der Waals surface area contributed by atoms with Crippen LogP contribution in [0.3, 0.4) is 0 Å². The second-order valence-corrected chi connectivity index (χ2v) is 10.7. The third-order valence-corrected chi connectivity index (χ3v) is 7.16. The van der Waals surface area contributed by atoms with Gasteiger partial charge in [0.1, 0.15) is 0 Å². The summed E-state index contributed by atoms with van der Waals surface area (Å²) in [5.41, 5.74) is 0.107. The van der Waals surface area contributed by atoms with Gasteiger partial charge in [-0.25, -0.2) is 4.68 Å². The van der Waals surface area contributed by atoms with Crippen LogP contribution in [0.4, 0.5) is 32.0 Å². The lowest BCUT2D eigenvalue weighted by Gasteiger charge is -2.16. The highest BCUT2D eigenvalue weighted by Crippen LogP contribution is 2.34. The van der Waals surface area contributed by atoms with Crippen molar-refractivity contribution in [3.63, 3.8) is 0 Å². The summed E-state index contributed by atoms with van der Waals surface area (Å²) in [5.74, 6) is -4.35. The highest BCUT2D eigenvalue weighted by Gasteiger charge is 2.44. The first kappa shape index (κ1) is 29.8. The summed E-state index contributed by atoms with van der Waals surface area (Å²) in [4.78, 5) is 29.1. The Bertz CT molecular complexity index is 1340. The Morgan fingerprint density at radius 1 is 1.16 bits per heavy atom. The number of alkyl halides is 6. The van der Waals surface area contributed by atoms with E-state index in [9.17, 15) is 35.9 Å². The molecule has 0 fully saturated rings. The van der Waals surface area contributed by atoms with Crippen molar-refractivity contribution < 1.29 is 35.9 Å². The summed E-state index contributed by atoms with van der Waals surface area (Å²) in [6.45, 7) is 2.68. The van der Waals surface area contributed by atoms with E-state index in [2.05, 4.69) is 20.7 Å². The summed E-state index contributed by atoms with van der Waals surface area (Å²) in [6, 6.07) is 5.43. The Balaban J connectivity index is 1.86. The van der Waals surface area contributed by atoms with Crippen molar-refractivity contribution in [3.8, 4) is 0 Å². The van der Waals surface area contributed by atoms with Crippen molar-refractivity contribution in [1.29, 1.82) is 0 Å². The average molecular weight is 600 g/mol. The van der Waals surface area contributed by atoms with Crippen LogP contribution >= 0.6 is 34.7 Å². The van der Waals surface area contributed by atoms with E-state index in [1.807, 2.05) is 6.26 Å². The van der Waals surface area contributed by atoms with Crippen molar-refractivity contribution in [1.82, 2.24) is 20.1 Å². The molecule has 38 heavy (non-hydrogen) atoms. The van der Waals surface area contributed by atoms with Gasteiger partial charge in [0.2, 0.25) is 5.82 Å². The lowest BCUT2D eigenvalue weighted by Crippen LogP contribution is -2.35. The number of carbonyl (C=O) groups excluding carboxylic acids is 2. The van der Waals surface area contributed by atoms with Gasteiger partial charge in [-0.3, -0.25) is 9.59 Å². The monoisotopic (exact) mass is 599 g/mol. The van der Waals surface area contributed by atoms with Crippen LogP contribution in [-0.4, -0.2) is 44.6 Å². The lowest BCUT2D eigenvalue weighted by molar-refractivity contribution is -0.150. The molecule has 0 aliphatic heterocycles. The van der Waals surface area contributed by atoms with Gasteiger partial charge in [-0.15, -0.1) is 16.4 Å². The fourth-order valence-electron chi connectivity index (χ4n) is 3.40. The number of thioether (sulfide) groups is 1. The smallest absolute Gasteiger partial charge is 0.349 e. The molecule has 7 nitrogen and oxygen atoms in total. The topological polar surface area (TPSA) is 88.9 Å². The van der Waals surface area contributed by atoms with Crippen LogP contribution in [0.5, 0.6) is 0 Å². The van der Waals surface area contributed by atoms with Crippen LogP contribution in [0.15, 0.2) is 24.3 Å². The molecule has 2 amide bonds. The van der Waals surface area contributed by atoms with Gasteiger partial charge in [0.15, 0.2) is 0 Å². The van der Waals surface area contributed by atoms with E-state index in [-0.39, 0.29) is 37.4 Å². The van der Waals surface area contributed by atoms with Gasteiger partial charge in [-0.2, -0.15) is 43.1 Å². The number of anilines is 1. The maximum atomic E-state index is 13.3. The van der Waals surface area contributed by atoms with Crippen molar-refractivity contribution in [2.24, 2.45) is 0 Å². The maximum absolute atomic E-state index is 13.3. The number of nitrogens with zero attached hydrogens (tertiary/aromatic N) is 3. The molecule has 16 heteroatoms. The summed E-state index contributed by atoms with van der Waals surface area (Å²) < 4.78 is 78.7. The molecular weight excluding hydrogens is 580 g/mol. The molecule has 2 aromatic heterocycles. The number of benzene rings is 1. The zero-order valence-corrected chi connectivity index (χ0v) is 22.3. The van der Waals surface area contributed by atoms with Crippen LogP contribution < -0.4 is 10.6 Å². The summed E-state index contributed by atoms with van der Waals surface area (Å²) >= 11 is 8.68. The largest absolute Gasteiger partial charge is 0.453 e. The minimum Gasteiger partial charge on any atom is -0.349 e. The van der Waals surface area contributed by atoms with Gasteiger partial charge >= 0.3 is 12.4 Å². The average Bonchev–Trinajstić information content (AvgIpc) is 3.37. The minimum atomic E-state index is -5.17. The molecule has 2 N–H and O–H groups in total. The van der Waals surface area contributed by atoms with Crippen molar-refractivity contribution >= 4 is 52.2 Å². The molecule has 3 aromatic rings. The molecule has 0 saturated carbocycles. The van der Waals surface area contributed by atoms with Crippen molar-refractivity contribution in [2.75, 3.05) is 17.3 Å². The Morgan fingerprint density at radius 3 is 2.45 bits per heavy atom. The number of thiophene rings is 1. The van der Waals surface area contributed by atoms with E-state index < -0.39 is 42.4 Å². The molecule has 0 aliphatic carbocycles. The highest BCUT2D eigenvalue weighted by molar-refractivity contribution is 7.98. The SMILES string of the molecule is CSC[C@H](C)NC(=O)c1c(Cl)cccc1C(=O)Nc1cc(Cn2nc(C(F)(F)F)nc2C(F)(F)F)sc1C. The fraction of sp³-hybridized carbons (Fsp3) is 0.364. The van der Waals surface area contributed by atoms with Crippen LogP contribution in [0.25, 0.3) is 0 Å². The quantitative estimate of drug-likeness (QED) is 0.305. The van der Waals surface area contributed by atoms with Gasteiger partial charge in [0.25, 0.3) is 17.6 Å². The minimum absolute atomic E-state index is 0.0380. The lowest BCUT2D eigenvalue weighted by atomic mass is 10.1. The van der Waals surface area contributed by atoms with Crippen LogP contribution in [-0.2, 0) is 18.9 Å². The molecule has 0 unspecified atom stereocenters. The van der Waals surface area contributed by atoms with Gasteiger partial charge in [0.05, 0.1) is 28.4 Å². The molecule has 0 spiro atoms. The molecule has 206 valence electrons. The third kappa shape index (κ3) is 6.99. The molecule has 0 bridgehead atoms. The Labute approximate surface area is 226 Å².